The highest BCUT2D eigenvalue weighted by molar-refractivity contribution is 7.20. The fourth-order valence-corrected chi connectivity index (χ4v) is 3.29. The summed E-state index contributed by atoms with van der Waals surface area (Å²) in [6.07, 6.45) is 4.72. The first-order valence-electron chi connectivity index (χ1n) is 7.89. The third-order valence-electron chi connectivity index (χ3n) is 4.16. The minimum absolute atomic E-state index is 0.557. The van der Waals surface area contributed by atoms with Crippen LogP contribution in [0.4, 0.5) is 5.13 Å². The quantitative estimate of drug-likeness (QED) is 0.759. The molecule has 0 bridgehead atoms. The van der Waals surface area contributed by atoms with Crippen molar-refractivity contribution >= 4 is 21.4 Å². The molecule has 0 saturated heterocycles. The SMILES string of the molecule is CC(C)c1ccc(-c2cn3nc(NCC4CC4)sc3n2)cc1. The van der Waals surface area contributed by atoms with Crippen LogP contribution in [-0.2, 0) is 0 Å². The zero-order valence-corrected chi connectivity index (χ0v) is 13.7. The van der Waals surface area contributed by atoms with Gasteiger partial charge < -0.3 is 5.32 Å². The predicted octanol–water partition coefficient (Wildman–Crippen LogP) is 4.40. The number of rotatable bonds is 5. The smallest absolute Gasteiger partial charge is 0.214 e. The molecule has 0 radical (unpaired) electrons. The van der Waals surface area contributed by atoms with Gasteiger partial charge in [-0.1, -0.05) is 49.4 Å². The predicted molar refractivity (Wildman–Crippen MR) is 91.6 cm³/mol. The summed E-state index contributed by atoms with van der Waals surface area (Å²) in [5.41, 5.74) is 3.49. The maximum absolute atomic E-state index is 4.70. The molecule has 22 heavy (non-hydrogen) atoms. The van der Waals surface area contributed by atoms with Crippen LogP contribution in [0.2, 0.25) is 0 Å². The first kappa shape index (κ1) is 13.8. The Balaban J connectivity index is 1.55. The molecule has 1 aliphatic carbocycles. The number of aromatic nitrogens is 3. The van der Waals surface area contributed by atoms with Crippen molar-refractivity contribution < 1.29 is 0 Å². The van der Waals surface area contributed by atoms with E-state index in [0.29, 0.717) is 5.92 Å². The van der Waals surface area contributed by atoms with Crippen molar-refractivity contribution in [2.75, 3.05) is 11.9 Å². The highest BCUT2D eigenvalue weighted by Crippen LogP contribution is 2.30. The van der Waals surface area contributed by atoms with Crippen LogP contribution >= 0.6 is 11.3 Å². The summed E-state index contributed by atoms with van der Waals surface area (Å²) >= 11 is 1.62. The second-order valence-corrected chi connectivity index (χ2v) is 7.32. The van der Waals surface area contributed by atoms with Crippen molar-refractivity contribution in [3.8, 4) is 11.3 Å². The number of fused-ring (bicyclic) bond motifs is 1. The molecule has 5 heteroatoms. The van der Waals surface area contributed by atoms with Gasteiger partial charge in [-0.2, -0.15) is 0 Å². The Labute approximate surface area is 134 Å². The van der Waals surface area contributed by atoms with E-state index in [1.807, 2.05) is 10.7 Å². The van der Waals surface area contributed by atoms with Gasteiger partial charge in [-0.15, -0.1) is 5.10 Å². The lowest BCUT2D eigenvalue weighted by Crippen LogP contribution is -2.02. The normalized spacial score (nSPS) is 14.9. The van der Waals surface area contributed by atoms with Gasteiger partial charge in [0.2, 0.25) is 10.1 Å². The molecule has 4 nitrogen and oxygen atoms in total. The number of imidazole rings is 1. The van der Waals surface area contributed by atoms with E-state index in [9.17, 15) is 0 Å². The minimum atomic E-state index is 0.557. The minimum Gasteiger partial charge on any atom is -0.360 e. The van der Waals surface area contributed by atoms with E-state index in [1.54, 1.807) is 11.3 Å². The van der Waals surface area contributed by atoms with E-state index >= 15 is 0 Å². The topological polar surface area (TPSA) is 42.2 Å². The second-order valence-electron chi connectivity index (χ2n) is 6.36. The molecule has 1 saturated carbocycles. The molecule has 114 valence electrons. The molecule has 1 aliphatic rings. The number of nitrogens with zero attached hydrogens (tertiary/aromatic N) is 3. The third kappa shape index (κ3) is 2.73. The van der Waals surface area contributed by atoms with Crippen LogP contribution < -0.4 is 5.32 Å². The fourth-order valence-electron chi connectivity index (χ4n) is 2.50. The molecule has 1 N–H and O–H groups in total. The fraction of sp³-hybridized carbons (Fsp3) is 0.412. The third-order valence-corrected chi connectivity index (χ3v) is 5.04. The molecular formula is C17H20N4S. The van der Waals surface area contributed by atoms with Crippen LogP contribution in [0.15, 0.2) is 30.5 Å². The van der Waals surface area contributed by atoms with Crippen molar-refractivity contribution in [1.82, 2.24) is 14.6 Å². The Morgan fingerprint density at radius 1 is 1.27 bits per heavy atom. The van der Waals surface area contributed by atoms with Gasteiger partial charge in [0.25, 0.3) is 0 Å². The lowest BCUT2D eigenvalue weighted by Gasteiger charge is -2.05. The van der Waals surface area contributed by atoms with Gasteiger partial charge >= 0.3 is 0 Å². The molecule has 0 atom stereocenters. The van der Waals surface area contributed by atoms with E-state index in [0.717, 1.165) is 33.8 Å². The zero-order valence-electron chi connectivity index (χ0n) is 12.9. The second kappa shape index (κ2) is 5.39. The van der Waals surface area contributed by atoms with E-state index in [4.69, 9.17) is 4.98 Å². The summed E-state index contributed by atoms with van der Waals surface area (Å²) in [4.78, 5) is 5.65. The standard InChI is InChI=1S/C17H20N4S/c1-11(2)13-5-7-14(8-6-13)15-10-21-17(19-15)22-16(20-21)18-9-12-3-4-12/h5-8,10-12H,3-4,9H2,1-2H3,(H,18,20). The van der Waals surface area contributed by atoms with Gasteiger partial charge in [0, 0.05) is 12.1 Å². The van der Waals surface area contributed by atoms with Crippen LogP contribution in [-0.4, -0.2) is 21.1 Å². The Morgan fingerprint density at radius 3 is 2.68 bits per heavy atom. The Hall–Kier alpha value is -1.88. The van der Waals surface area contributed by atoms with E-state index < -0.39 is 0 Å². The zero-order chi connectivity index (χ0) is 15.1. The van der Waals surface area contributed by atoms with Crippen LogP contribution in [0.25, 0.3) is 16.2 Å². The highest BCUT2D eigenvalue weighted by atomic mass is 32.1. The number of hydrogen-bond acceptors (Lipinski definition) is 4. The Morgan fingerprint density at radius 2 is 2.05 bits per heavy atom. The number of hydrogen-bond donors (Lipinski definition) is 1. The molecule has 4 rings (SSSR count). The van der Waals surface area contributed by atoms with Crippen molar-refractivity contribution in [1.29, 1.82) is 0 Å². The summed E-state index contributed by atoms with van der Waals surface area (Å²) in [5.74, 6) is 1.41. The maximum Gasteiger partial charge on any atom is 0.214 e. The first-order chi connectivity index (χ1) is 10.7. The summed E-state index contributed by atoms with van der Waals surface area (Å²) < 4.78 is 1.88. The maximum atomic E-state index is 4.70. The van der Waals surface area contributed by atoms with E-state index in [-0.39, 0.29) is 0 Å². The lowest BCUT2D eigenvalue weighted by molar-refractivity contribution is 0.867. The molecule has 2 aromatic heterocycles. The summed E-state index contributed by atoms with van der Waals surface area (Å²) in [7, 11) is 0. The van der Waals surface area contributed by atoms with Crippen LogP contribution in [0.5, 0.6) is 0 Å². The van der Waals surface area contributed by atoms with E-state index in [2.05, 4.69) is 48.5 Å². The summed E-state index contributed by atoms with van der Waals surface area (Å²) in [5, 5.41) is 8.94. The summed E-state index contributed by atoms with van der Waals surface area (Å²) in [6.45, 7) is 5.46. The van der Waals surface area contributed by atoms with Gasteiger partial charge in [0.1, 0.15) is 0 Å². The van der Waals surface area contributed by atoms with Gasteiger partial charge in [-0.3, -0.25) is 0 Å². The van der Waals surface area contributed by atoms with Crippen LogP contribution in [0.3, 0.4) is 0 Å². The van der Waals surface area contributed by atoms with Gasteiger partial charge in [0.05, 0.1) is 11.9 Å². The monoisotopic (exact) mass is 312 g/mol. The molecule has 2 heterocycles. The highest BCUT2D eigenvalue weighted by Gasteiger charge is 2.21. The van der Waals surface area contributed by atoms with Crippen molar-refractivity contribution in [3.05, 3.63) is 36.0 Å². The summed E-state index contributed by atoms with van der Waals surface area (Å²) in [6, 6.07) is 8.66. The lowest BCUT2D eigenvalue weighted by atomic mass is 10.0. The largest absolute Gasteiger partial charge is 0.360 e. The molecule has 0 amide bonds. The molecule has 0 unspecified atom stereocenters. The number of anilines is 1. The molecule has 1 aromatic carbocycles. The van der Waals surface area contributed by atoms with Crippen molar-refractivity contribution in [2.24, 2.45) is 5.92 Å². The average Bonchev–Trinajstić information content (AvgIpc) is 3.14. The first-order valence-corrected chi connectivity index (χ1v) is 8.71. The van der Waals surface area contributed by atoms with Crippen molar-refractivity contribution in [3.63, 3.8) is 0 Å². The molecule has 0 aliphatic heterocycles. The molecule has 3 aromatic rings. The van der Waals surface area contributed by atoms with Crippen LogP contribution in [0.1, 0.15) is 38.2 Å². The van der Waals surface area contributed by atoms with Crippen LogP contribution in [0, 0.1) is 5.92 Å². The average molecular weight is 312 g/mol. The van der Waals surface area contributed by atoms with Crippen molar-refractivity contribution in [2.45, 2.75) is 32.6 Å². The number of benzene rings is 1. The van der Waals surface area contributed by atoms with Gasteiger partial charge in [-0.25, -0.2) is 9.50 Å². The number of nitrogens with one attached hydrogen (secondary N) is 1. The Kier molecular flexibility index (Phi) is 3.37. The Bertz CT molecular complexity index is 749. The molecule has 1 fully saturated rings. The molecular weight excluding hydrogens is 292 g/mol. The molecule has 0 spiro atoms. The van der Waals surface area contributed by atoms with E-state index in [1.165, 1.54) is 18.4 Å². The van der Waals surface area contributed by atoms with Gasteiger partial charge in [0.15, 0.2) is 0 Å². The van der Waals surface area contributed by atoms with Gasteiger partial charge in [-0.05, 0) is 30.2 Å².